The van der Waals surface area contributed by atoms with E-state index in [1.807, 2.05) is 0 Å². The summed E-state index contributed by atoms with van der Waals surface area (Å²) in [7, 11) is 0. The minimum atomic E-state index is -2.54. The smallest absolute Gasteiger partial charge is 0.264 e. The number of hydrogen-bond donors (Lipinski definition) is 0. The average Bonchev–Trinajstić information content (AvgIpc) is 2.29. The normalized spacial score (nSPS) is 10.9. The second-order valence-corrected chi connectivity index (χ2v) is 3.00. The van der Waals surface area contributed by atoms with Gasteiger partial charge in [-0.05, 0) is 0 Å². The molecular formula is C12H12F2NO. The van der Waals surface area contributed by atoms with E-state index in [-0.39, 0.29) is 11.1 Å². The van der Waals surface area contributed by atoms with Crippen LogP contribution in [0, 0.1) is 0 Å². The van der Waals surface area contributed by atoms with Crippen LogP contribution in [0.5, 0.6) is 0 Å². The highest BCUT2D eigenvalue weighted by atomic mass is 19.3. The van der Waals surface area contributed by atoms with E-state index in [0.717, 1.165) is 0 Å². The molecule has 0 bridgehead atoms. The first-order valence-electron chi connectivity index (χ1n) is 4.81. The Hall–Kier alpha value is -1.71. The molecule has 0 atom stereocenters. The minimum absolute atomic E-state index is 0.0985. The van der Waals surface area contributed by atoms with Crippen molar-refractivity contribution in [2.45, 2.75) is 12.8 Å². The Bertz CT molecular complexity index is 364. The molecule has 0 heterocycles. The predicted octanol–water partition coefficient (Wildman–Crippen LogP) is 3.43. The summed E-state index contributed by atoms with van der Waals surface area (Å²) in [6, 6.07) is 6.05. The van der Waals surface area contributed by atoms with Crippen LogP contribution in [0.1, 0.15) is 24.0 Å². The lowest BCUT2D eigenvalue weighted by Gasteiger charge is -2.02. The van der Waals surface area contributed by atoms with Crippen molar-refractivity contribution in [3.8, 4) is 0 Å². The molecule has 85 valence electrons. The predicted molar refractivity (Wildman–Crippen MR) is 58.7 cm³/mol. The van der Waals surface area contributed by atoms with Gasteiger partial charge in [-0.25, -0.2) is 8.78 Å². The molecule has 0 spiro atoms. The first-order chi connectivity index (χ1) is 7.75. The van der Waals surface area contributed by atoms with Crippen molar-refractivity contribution in [2.24, 2.45) is 5.16 Å². The third kappa shape index (κ3) is 3.81. The summed E-state index contributed by atoms with van der Waals surface area (Å²) in [6.07, 6.45) is 2.24. The number of nitrogens with zero attached hydrogens (tertiary/aromatic N) is 1. The van der Waals surface area contributed by atoms with Crippen molar-refractivity contribution in [1.82, 2.24) is 0 Å². The van der Waals surface area contributed by atoms with Gasteiger partial charge in [0.15, 0.2) is 0 Å². The molecule has 0 fully saturated rings. The summed E-state index contributed by atoms with van der Waals surface area (Å²) < 4.78 is 25.0. The average molecular weight is 224 g/mol. The summed E-state index contributed by atoms with van der Waals surface area (Å²) in [6.45, 7) is 3.88. The fourth-order valence-corrected chi connectivity index (χ4v) is 1.05. The number of rotatable bonds is 6. The lowest BCUT2D eigenvalue weighted by molar-refractivity contribution is 0.148. The van der Waals surface area contributed by atoms with E-state index in [2.05, 4.69) is 17.9 Å². The minimum Gasteiger partial charge on any atom is -0.395 e. The van der Waals surface area contributed by atoms with Gasteiger partial charge in [-0.15, -0.1) is 6.58 Å². The Balaban J connectivity index is 2.61. The Labute approximate surface area is 93.2 Å². The lowest BCUT2D eigenvalue weighted by Crippen LogP contribution is -1.94. The first-order valence-corrected chi connectivity index (χ1v) is 4.81. The standard InChI is InChI=1S/C12H12F2NO/c1-2-3-8-16-15-9-10-6-4-5-7-11(10)12(13)14/h2,4-7,12H,1,3,8H2. The van der Waals surface area contributed by atoms with Crippen LogP contribution in [0.25, 0.3) is 0 Å². The third-order valence-electron chi connectivity index (χ3n) is 1.84. The molecule has 0 N–H and O–H groups in total. The van der Waals surface area contributed by atoms with Crippen LogP contribution in [0.3, 0.4) is 0 Å². The maximum absolute atomic E-state index is 12.5. The Morgan fingerprint density at radius 1 is 1.44 bits per heavy atom. The molecule has 0 amide bonds. The van der Waals surface area contributed by atoms with Gasteiger partial charge in [-0.3, -0.25) is 0 Å². The highest BCUT2D eigenvalue weighted by Gasteiger charge is 2.10. The van der Waals surface area contributed by atoms with E-state index in [1.165, 1.54) is 12.1 Å². The molecule has 1 aromatic rings. The van der Waals surface area contributed by atoms with E-state index in [4.69, 9.17) is 4.84 Å². The van der Waals surface area contributed by atoms with Crippen LogP contribution >= 0.6 is 0 Å². The van der Waals surface area contributed by atoms with Crippen molar-refractivity contribution in [2.75, 3.05) is 6.61 Å². The van der Waals surface area contributed by atoms with E-state index in [0.29, 0.717) is 13.0 Å². The zero-order chi connectivity index (χ0) is 11.8. The molecule has 2 nitrogen and oxygen atoms in total. The van der Waals surface area contributed by atoms with Gasteiger partial charge >= 0.3 is 0 Å². The highest BCUT2D eigenvalue weighted by molar-refractivity contribution is 5.81. The van der Waals surface area contributed by atoms with Gasteiger partial charge in [-0.1, -0.05) is 35.5 Å². The van der Waals surface area contributed by atoms with Gasteiger partial charge < -0.3 is 4.84 Å². The van der Waals surface area contributed by atoms with Crippen LogP contribution in [0.2, 0.25) is 0 Å². The van der Waals surface area contributed by atoms with Crippen molar-refractivity contribution >= 4 is 6.21 Å². The molecule has 4 heteroatoms. The molecule has 16 heavy (non-hydrogen) atoms. The molecule has 0 saturated carbocycles. The van der Waals surface area contributed by atoms with Crippen LogP contribution in [0.15, 0.2) is 42.1 Å². The number of benzene rings is 1. The molecule has 0 aromatic heterocycles. The fourth-order valence-electron chi connectivity index (χ4n) is 1.05. The van der Waals surface area contributed by atoms with Crippen LogP contribution < -0.4 is 0 Å². The van der Waals surface area contributed by atoms with Crippen LogP contribution in [0.4, 0.5) is 8.78 Å². The number of halogens is 2. The number of alkyl halides is 2. The summed E-state index contributed by atoms with van der Waals surface area (Å²) >= 11 is 0. The van der Waals surface area contributed by atoms with Crippen molar-refractivity contribution in [1.29, 1.82) is 0 Å². The van der Waals surface area contributed by atoms with Crippen LogP contribution in [-0.2, 0) is 4.84 Å². The van der Waals surface area contributed by atoms with Crippen molar-refractivity contribution in [3.05, 3.63) is 48.0 Å². The number of hydrogen-bond acceptors (Lipinski definition) is 2. The molecule has 0 unspecified atom stereocenters. The molecule has 1 aromatic carbocycles. The van der Waals surface area contributed by atoms with Crippen LogP contribution in [-0.4, -0.2) is 12.8 Å². The van der Waals surface area contributed by atoms with Gasteiger partial charge in [0.2, 0.25) is 0 Å². The molecule has 1 rings (SSSR count). The van der Waals surface area contributed by atoms with Gasteiger partial charge in [0.25, 0.3) is 6.43 Å². The fraction of sp³-hybridized carbons (Fsp3) is 0.250. The lowest BCUT2D eigenvalue weighted by atomic mass is 10.1. The zero-order valence-corrected chi connectivity index (χ0v) is 8.70. The Morgan fingerprint density at radius 2 is 2.19 bits per heavy atom. The maximum Gasteiger partial charge on any atom is 0.264 e. The van der Waals surface area contributed by atoms with Crippen molar-refractivity contribution in [3.63, 3.8) is 0 Å². The van der Waals surface area contributed by atoms with Crippen molar-refractivity contribution < 1.29 is 13.6 Å². The largest absolute Gasteiger partial charge is 0.395 e. The monoisotopic (exact) mass is 224 g/mol. The van der Waals surface area contributed by atoms with E-state index >= 15 is 0 Å². The third-order valence-corrected chi connectivity index (χ3v) is 1.84. The molecule has 0 aliphatic rings. The first kappa shape index (κ1) is 12.4. The van der Waals surface area contributed by atoms with Gasteiger partial charge in [-0.2, -0.15) is 0 Å². The quantitative estimate of drug-likeness (QED) is 0.314. The van der Waals surface area contributed by atoms with Gasteiger partial charge in [0.05, 0.1) is 0 Å². The highest BCUT2D eigenvalue weighted by Crippen LogP contribution is 2.21. The second kappa shape index (κ2) is 6.71. The zero-order valence-electron chi connectivity index (χ0n) is 8.70. The maximum atomic E-state index is 12.5. The summed E-state index contributed by atoms with van der Waals surface area (Å²) in [5, 5.41) is 3.49. The summed E-state index contributed by atoms with van der Waals surface area (Å²) in [5.41, 5.74) is 0.148. The Kier molecular flexibility index (Phi) is 5.19. The van der Waals surface area contributed by atoms with E-state index in [1.54, 1.807) is 18.2 Å². The molecule has 0 aliphatic carbocycles. The van der Waals surface area contributed by atoms with Gasteiger partial charge in [0.1, 0.15) is 12.8 Å². The van der Waals surface area contributed by atoms with Gasteiger partial charge in [0, 0.05) is 17.5 Å². The Morgan fingerprint density at radius 3 is 2.88 bits per heavy atom. The molecule has 0 aliphatic heterocycles. The SMILES string of the molecule is C=CCCON=[C]c1ccccc1C(F)F. The molecule has 1 radical (unpaired) electrons. The van der Waals surface area contributed by atoms with E-state index < -0.39 is 6.43 Å². The van der Waals surface area contributed by atoms with E-state index in [9.17, 15) is 8.78 Å². The molecule has 0 saturated heterocycles. The molecular weight excluding hydrogens is 212 g/mol. The second-order valence-electron chi connectivity index (χ2n) is 3.00. The summed E-state index contributed by atoms with van der Waals surface area (Å²) in [5.74, 6) is 0. The topological polar surface area (TPSA) is 21.6 Å². The summed E-state index contributed by atoms with van der Waals surface area (Å²) in [4.78, 5) is 4.81.